The predicted octanol–water partition coefficient (Wildman–Crippen LogP) is 21.4. The maximum Gasteiger partial charge on any atom is 0.223 e. The molecule has 0 bridgehead atoms. The summed E-state index contributed by atoms with van der Waals surface area (Å²) in [5, 5.41) is 6.44. The van der Waals surface area contributed by atoms with Crippen molar-refractivity contribution in [1.29, 1.82) is 0 Å². The first-order valence-corrected chi connectivity index (χ1v) is 30.6. The summed E-state index contributed by atoms with van der Waals surface area (Å²) in [7, 11) is 1.65. The van der Waals surface area contributed by atoms with E-state index in [1.54, 1.807) is 19.8 Å². The van der Waals surface area contributed by atoms with Crippen LogP contribution in [0.4, 0.5) is 0 Å². The average molecular weight is 1190 g/mol. The lowest BCUT2D eigenvalue weighted by Gasteiger charge is -2.12. The number of rotatable bonds is 5. The number of nitrogens with zero attached hydrogens (tertiary/aromatic N) is 10. The highest BCUT2D eigenvalue weighted by Gasteiger charge is 2.17. The van der Waals surface area contributed by atoms with Crippen molar-refractivity contribution in [2.24, 2.45) is 17.3 Å². The van der Waals surface area contributed by atoms with Gasteiger partial charge in [0.15, 0.2) is 0 Å². The number of halogens is 2. The first-order chi connectivity index (χ1) is 39.9. The van der Waals surface area contributed by atoms with Crippen LogP contribution in [0, 0.1) is 79.6 Å². The smallest absolute Gasteiger partial charge is 0.223 e. The highest BCUT2D eigenvalue weighted by molar-refractivity contribution is 6.35. The minimum atomic E-state index is 0. The number of unbranched alkanes of at least 4 members (excludes halogenated alkanes) is 2. The van der Waals surface area contributed by atoms with Crippen LogP contribution >= 0.6 is 23.2 Å². The number of hydrogen-bond acceptors (Lipinski definition) is 11. The number of benzene rings is 5. The second-order valence-corrected chi connectivity index (χ2v) is 23.3. The van der Waals surface area contributed by atoms with Gasteiger partial charge < -0.3 is 4.74 Å². The van der Waals surface area contributed by atoms with Gasteiger partial charge in [-0.1, -0.05) is 218 Å². The normalized spacial score (nSPS) is 11.1. The van der Waals surface area contributed by atoms with Crippen molar-refractivity contribution in [1.82, 2.24) is 49.8 Å². The van der Waals surface area contributed by atoms with Gasteiger partial charge in [-0.3, -0.25) is 0 Å². The van der Waals surface area contributed by atoms with Crippen LogP contribution in [-0.2, 0) is 0 Å². The summed E-state index contributed by atoms with van der Waals surface area (Å²) in [4.78, 5) is 42.1. The number of hydrogen-bond donors (Lipinski definition) is 0. The molecule has 5 aromatic heterocycles. The first-order valence-electron chi connectivity index (χ1n) is 29.8. The lowest BCUT2D eigenvalue weighted by atomic mass is 9.94. The fourth-order valence-electron chi connectivity index (χ4n) is 7.80. The Bertz CT molecular complexity index is 3440. The molecule has 11 nitrogen and oxygen atoms in total. The van der Waals surface area contributed by atoms with Gasteiger partial charge in [-0.05, 0) is 120 Å². The Morgan fingerprint density at radius 3 is 1.40 bits per heavy atom. The van der Waals surface area contributed by atoms with Crippen LogP contribution in [0.1, 0.15) is 179 Å². The molecular formula is C72H100Cl2N10O. The molecule has 10 aromatic rings. The summed E-state index contributed by atoms with van der Waals surface area (Å²) >= 11 is 11.8. The van der Waals surface area contributed by atoms with Crippen LogP contribution in [0.5, 0.6) is 5.75 Å². The Balaban J connectivity index is 0.000000334. The summed E-state index contributed by atoms with van der Waals surface area (Å²) in [5.41, 5.74) is 12.6. The lowest BCUT2D eigenvalue weighted by Crippen LogP contribution is -2.00. The molecule has 0 radical (unpaired) electrons. The van der Waals surface area contributed by atoms with Gasteiger partial charge in [-0.25, -0.2) is 49.8 Å². The molecule has 1 fully saturated rings. The van der Waals surface area contributed by atoms with Gasteiger partial charge in [0.05, 0.1) is 39.9 Å². The highest BCUT2D eigenvalue weighted by atomic mass is 35.5. The number of aromatic nitrogens is 10. The molecule has 5 heterocycles. The van der Waals surface area contributed by atoms with E-state index in [0.717, 1.165) is 118 Å². The van der Waals surface area contributed by atoms with Crippen molar-refractivity contribution in [3.8, 4) is 5.75 Å². The molecule has 0 amide bonds. The van der Waals surface area contributed by atoms with Crippen LogP contribution in [0.25, 0.3) is 54.5 Å². The molecule has 0 aliphatic heterocycles. The van der Waals surface area contributed by atoms with Crippen LogP contribution in [-0.4, -0.2) is 56.9 Å². The summed E-state index contributed by atoms with van der Waals surface area (Å²) in [5.74, 6) is 4.41. The van der Waals surface area contributed by atoms with Gasteiger partial charge in [-0.15, -0.1) is 0 Å². The second kappa shape index (κ2) is 38.3. The van der Waals surface area contributed by atoms with Crippen molar-refractivity contribution in [2.45, 2.75) is 190 Å². The lowest BCUT2D eigenvalue weighted by molar-refractivity contribution is 0.398. The summed E-state index contributed by atoms with van der Waals surface area (Å²) < 4.78 is 5.19. The summed E-state index contributed by atoms with van der Waals surface area (Å²) in [6.45, 7) is 40.0. The van der Waals surface area contributed by atoms with Crippen LogP contribution in [0.3, 0.4) is 0 Å². The van der Waals surface area contributed by atoms with E-state index in [2.05, 4.69) is 138 Å². The quantitative estimate of drug-likeness (QED) is 0.152. The monoisotopic (exact) mass is 1190 g/mol. The molecule has 0 atom stereocenters. The van der Waals surface area contributed by atoms with Crippen molar-refractivity contribution in [2.75, 3.05) is 7.11 Å². The van der Waals surface area contributed by atoms with Crippen molar-refractivity contribution >= 4 is 77.7 Å². The van der Waals surface area contributed by atoms with E-state index in [4.69, 9.17) is 27.9 Å². The van der Waals surface area contributed by atoms with Gasteiger partial charge >= 0.3 is 0 Å². The SMILES string of the molecule is C.CCC(C)(C)C.CCC(C)C.CCC1CC1.CCCCC.COc1cccc2c(C)ncnc12.Cc1nc(C)c2cccc(Cl)c2n1.Cc1nc(C)c2ccccc2n1.Cc1nc(Cl)nc2c(C)cccc12.Cc1ncnc2c(C)cccc12. The van der Waals surface area contributed by atoms with Crippen LogP contribution in [0.15, 0.2) is 110 Å². The Labute approximate surface area is 521 Å². The largest absolute Gasteiger partial charge is 0.494 e. The maximum absolute atomic E-state index is 6.01. The third kappa shape index (κ3) is 25.7. The Morgan fingerprint density at radius 1 is 0.494 bits per heavy atom. The Kier molecular flexibility index (Phi) is 33.4. The molecule has 13 heteroatoms. The van der Waals surface area contributed by atoms with Gasteiger partial charge in [0.1, 0.15) is 35.6 Å². The highest BCUT2D eigenvalue weighted by Crippen LogP contribution is 2.31. The van der Waals surface area contributed by atoms with Crippen molar-refractivity contribution in [3.63, 3.8) is 0 Å². The molecule has 1 aliphatic rings. The third-order valence-electron chi connectivity index (χ3n) is 13.9. The molecule has 0 unspecified atom stereocenters. The molecular weight excluding hydrogens is 1090 g/mol. The zero-order valence-corrected chi connectivity index (χ0v) is 55.9. The van der Waals surface area contributed by atoms with Gasteiger partial charge in [0.2, 0.25) is 5.28 Å². The molecule has 85 heavy (non-hydrogen) atoms. The van der Waals surface area contributed by atoms with Gasteiger partial charge in [0, 0.05) is 49.7 Å². The second-order valence-electron chi connectivity index (χ2n) is 22.6. The molecule has 1 aliphatic carbocycles. The number of fused-ring (bicyclic) bond motifs is 5. The maximum atomic E-state index is 6.01. The molecule has 5 aromatic carbocycles. The zero-order chi connectivity index (χ0) is 62.5. The standard InChI is InChI=1S/2C10H9ClN2.C10H10N2O.2C10H10N2.C6H14.C5H10.2C5H12.CH4/c1-6-8-4-3-5-9(11)10(8)13-7(2)12-6;1-6-4-3-5-8-7(2)12-10(11)13-9(6)8;1-7-8-4-3-5-9(13-2)10(8)12-6-11-7;1-7-4-3-5-9-8(2)11-6-12-10(7)9;1-7-9-5-3-4-6-10(9)12-8(2)11-7;1-5-6(2,3)4;1-2-5-3-4-5;1-4-5(2)3;1-3-5-4-2;/h2*3-5H,1-2H3;3-6H,1-2H3;2*3-6H,1-2H3;5H2,1-4H3;5H,2-4H2,1H3;5H,4H2,1-3H3;3-5H2,1-2H3;1H4. The summed E-state index contributed by atoms with van der Waals surface area (Å²) in [6, 6.07) is 31.8. The number of ether oxygens (including phenoxy) is 1. The van der Waals surface area contributed by atoms with Crippen molar-refractivity contribution < 1.29 is 4.74 Å². The number of para-hydroxylation sites is 5. The average Bonchev–Trinajstić information content (AvgIpc) is 4.39. The van der Waals surface area contributed by atoms with E-state index in [0.29, 0.717) is 15.7 Å². The fraction of sp³-hybridized carbons (Fsp3) is 0.444. The molecule has 0 spiro atoms. The number of methoxy groups -OCH3 is 1. The predicted molar refractivity (Wildman–Crippen MR) is 367 cm³/mol. The molecule has 0 N–H and O–H groups in total. The Hall–Kier alpha value is -6.82. The van der Waals surface area contributed by atoms with Gasteiger partial charge in [0.25, 0.3) is 0 Å². The van der Waals surface area contributed by atoms with E-state index in [-0.39, 0.29) is 7.43 Å². The zero-order valence-electron chi connectivity index (χ0n) is 54.3. The molecule has 0 saturated heterocycles. The van der Waals surface area contributed by atoms with E-state index in [1.807, 2.05) is 140 Å². The van der Waals surface area contributed by atoms with Crippen molar-refractivity contribution in [3.05, 3.63) is 171 Å². The van der Waals surface area contributed by atoms with E-state index in [1.165, 1.54) is 56.9 Å². The molecule has 458 valence electrons. The molecule has 1 saturated carbocycles. The minimum Gasteiger partial charge on any atom is -0.494 e. The van der Waals surface area contributed by atoms with E-state index < -0.39 is 0 Å². The van der Waals surface area contributed by atoms with Gasteiger partial charge in [-0.2, -0.15) is 0 Å². The topological polar surface area (TPSA) is 138 Å². The third-order valence-corrected chi connectivity index (χ3v) is 14.4. The fourth-order valence-corrected chi connectivity index (χ4v) is 8.23. The van der Waals surface area contributed by atoms with E-state index >= 15 is 0 Å². The summed E-state index contributed by atoms with van der Waals surface area (Å²) in [6.07, 6.45) is 14.3. The number of aryl methyl sites for hydroxylation is 9. The van der Waals surface area contributed by atoms with E-state index in [9.17, 15) is 0 Å². The van der Waals surface area contributed by atoms with Crippen LogP contribution < -0.4 is 4.74 Å². The molecule has 11 rings (SSSR count). The minimum absolute atomic E-state index is 0. The first kappa shape index (κ1) is 74.3. The Morgan fingerprint density at radius 2 is 0.929 bits per heavy atom. The van der Waals surface area contributed by atoms with Crippen LogP contribution in [0.2, 0.25) is 10.3 Å².